The van der Waals surface area contributed by atoms with Gasteiger partial charge in [-0.05, 0) is 47.5 Å². The number of ether oxygens (including phenoxy) is 3. The molecule has 0 saturated heterocycles. The first kappa shape index (κ1) is 22.5. The lowest BCUT2D eigenvalue weighted by molar-refractivity contribution is 0.0325. The number of nitrogens with zero attached hydrogens (tertiary/aromatic N) is 3. The third-order valence-corrected chi connectivity index (χ3v) is 3.86. The van der Waals surface area contributed by atoms with Crippen molar-refractivity contribution in [2.24, 2.45) is 10.2 Å². The van der Waals surface area contributed by atoms with Gasteiger partial charge < -0.3 is 19.1 Å². The first-order valence-corrected chi connectivity index (χ1v) is 9.47. The molecule has 0 N–H and O–H groups in total. The average molecular weight is 401 g/mol. The van der Waals surface area contributed by atoms with Crippen molar-refractivity contribution in [1.82, 2.24) is 0 Å². The molecule has 156 valence electrons. The van der Waals surface area contributed by atoms with E-state index in [1.807, 2.05) is 67.5 Å². The van der Waals surface area contributed by atoms with Crippen LogP contribution in [-0.2, 0) is 9.47 Å². The van der Waals surface area contributed by atoms with Gasteiger partial charge in [0.05, 0.1) is 38.9 Å². The molecule has 0 aliphatic rings. The van der Waals surface area contributed by atoms with Gasteiger partial charge in [-0.1, -0.05) is 12.1 Å². The second-order valence-corrected chi connectivity index (χ2v) is 6.31. The van der Waals surface area contributed by atoms with Crippen LogP contribution in [0.2, 0.25) is 0 Å². The van der Waals surface area contributed by atoms with Crippen LogP contribution in [0.25, 0.3) is 0 Å². The lowest BCUT2D eigenvalue weighted by Gasteiger charge is -2.11. The van der Waals surface area contributed by atoms with Gasteiger partial charge in [-0.2, -0.15) is 10.2 Å². The molecule has 2 aromatic rings. The number of anilines is 1. The zero-order valence-electron chi connectivity index (χ0n) is 17.0. The minimum absolute atomic E-state index is 0.116. The molecule has 7 heteroatoms. The van der Waals surface area contributed by atoms with E-state index in [2.05, 4.69) is 10.2 Å². The zero-order valence-corrected chi connectivity index (χ0v) is 17.0. The van der Waals surface area contributed by atoms with Gasteiger partial charge in [0.1, 0.15) is 19.0 Å². The fraction of sp³-hybridized carbons (Fsp3) is 0.364. The van der Waals surface area contributed by atoms with E-state index in [1.165, 1.54) is 0 Å². The highest BCUT2D eigenvalue weighted by molar-refractivity contribution is 5.83. The summed E-state index contributed by atoms with van der Waals surface area (Å²) in [4.78, 5) is 2.05. The first-order chi connectivity index (χ1) is 14.2. The van der Waals surface area contributed by atoms with Crippen LogP contribution in [0.3, 0.4) is 0 Å². The summed E-state index contributed by atoms with van der Waals surface area (Å²) in [5.41, 5.74) is 3.06. The van der Waals surface area contributed by atoms with E-state index < -0.39 is 6.67 Å². The fourth-order valence-electron chi connectivity index (χ4n) is 2.30. The van der Waals surface area contributed by atoms with Crippen LogP contribution in [0.15, 0.2) is 58.7 Å². The molecule has 0 bridgehead atoms. The van der Waals surface area contributed by atoms with Gasteiger partial charge in [-0.25, -0.2) is 4.39 Å². The Morgan fingerprint density at radius 1 is 0.759 bits per heavy atom. The third-order valence-electron chi connectivity index (χ3n) is 3.86. The second kappa shape index (κ2) is 13.4. The van der Waals surface area contributed by atoms with Crippen molar-refractivity contribution in [3.63, 3.8) is 0 Å². The highest BCUT2D eigenvalue weighted by Crippen LogP contribution is 2.12. The molecule has 0 spiro atoms. The monoisotopic (exact) mass is 401 g/mol. The summed E-state index contributed by atoms with van der Waals surface area (Å²) < 4.78 is 27.7. The average Bonchev–Trinajstić information content (AvgIpc) is 2.74. The SMILES string of the molecule is CN(C)c1ccc(/C=N/N=C/c2ccc(OCCOCCOCCF)cc2)cc1. The van der Waals surface area contributed by atoms with Gasteiger partial charge in [-0.3, -0.25) is 0 Å². The van der Waals surface area contributed by atoms with Crippen LogP contribution in [0.4, 0.5) is 10.1 Å². The molecule has 6 nitrogen and oxygen atoms in total. The topological polar surface area (TPSA) is 55.7 Å². The molecule has 0 aromatic heterocycles. The number of rotatable bonds is 13. The van der Waals surface area contributed by atoms with E-state index in [1.54, 1.807) is 12.4 Å². The molecule has 0 unspecified atom stereocenters. The Kier molecular flexibility index (Phi) is 10.4. The maximum Gasteiger partial charge on any atom is 0.119 e. The van der Waals surface area contributed by atoms with Crippen molar-refractivity contribution < 1.29 is 18.6 Å². The van der Waals surface area contributed by atoms with Crippen molar-refractivity contribution in [2.75, 3.05) is 58.7 Å². The quantitative estimate of drug-likeness (QED) is 0.292. The van der Waals surface area contributed by atoms with Crippen LogP contribution in [-0.4, -0.2) is 66.2 Å². The Balaban J connectivity index is 1.67. The highest BCUT2D eigenvalue weighted by atomic mass is 19.1. The van der Waals surface area contributed by atoms with Crippen LogP contribution in [0.1, 0.15) is 11.1 Å². The summed E-state index contributed by atoms with van der Waals surface area (Å²) in [5, 5.41) is 8.16. The molecule has 0 aliphatic heterocycles. The van der Waals surface area contributed by atoms with Crippen LogP contribution < -0.4 is 9.64 Å². The van der Waals surface area contributed by atoms with Gasteiger partial charge in [0, 0.05) is 19.8 Å². The van der Waals surface area contributed by atoms with E-state index in [-0.39, 0.29) is 6.61 Å². The molecule has 29 heavy (non-hydrogen) atoms. The van der Waals surface area contributed by atoms with Gasteiger partial charge in [-0.15, -0.1) is 0 Å². The normalized spacial score (nSPS) is 11.4. The van der Waals surface area contributed by atoms with Crippen molar-refractivity contribution in [1.29, 1.82) is 0 Å². The van der Waals surface area contributed by atoms with Crippen molar-refractivity contribution in [3.05, 3.63) is 59.7 Å². The number of hydrogen-bond acceptors (Lipinski definition) is 6. The Hall–Kier alpha value is -2.77. The molecule has 0 saturated carbocycles. The Morgan fingerprint density at radius 2 is 1.28 bits per heavy atom. The van der Waals surface area contributed by atoms with E-state index in [0.29, 0.717) is 26.4 Å². The molecule has 0 heterocycles. The van der Waals surface area contributed by atoms with Crippen LogP contribution >= 0.6 is 0 Å². The highest BCUT2D eigenvalue weighted by Gasteiger charge is 1.96. The van der Waals surface area contributed by atoms with E-state index in [9.17, 15) is 4.39 Å². The zero-order chi connectivity index (χ0) is 20.7. The standard InChI is InChI=1S/C22H28FN3O3/c1-26(2)21-7-3-19(4-8-21)17-24-25-18-20-5-9-22(10-6-20)29-16-15-28-14-13-27-12-11-23/h3-10,17-18H,11-16H2,1-2H3/b24-17+,25-18+. The first-order valence-electron chi connectivity index (χ1n) is 9.47. The van der Waals surface area contributed by atoms with Crippen molar-refractivity contribution in [3.8, 4) is 5.75 Å². The third kappa shape index (κ3) is 9.32. The summed E-state index contributed by atoms with van der Waals surface area (Å²) in [5.74, 6) is 0.754. The summed E-state index contributed by atoms with van der Waals surface area (Å²) in [6.07, 6.45) is 3.41. The van der Waals surface area contributed by atoms with Crippen LogP contribution in [0, 0.1) is 0 Å². The summed E-state index contributed by atoms with van der Waals surface area (Å²) in [7, 11) is 4.01. The number of benzene rings is 2. The number of alkyl halides is 1. The van der Waals surface area contributed by atoms with Gasteiger partial charge in [0.25, 0.3) is 0 Å². The molecule has 2 rings (SSSR count). The molecule has 2 aromatic carbocycles. The maximum absolute atomic E-state index is 11.8. The predicted molar refractivity (Wildman–Crippen MR) is 116 cm³/mol. The number of hydrogen-bond donors (Lipinski definition) is 0. The second-order valence-electron chi connectivity index (χ2n) is 6.31. The summed E-state index contributed by atoms with van der Waals surface area (Å²) >= 11 is 0. The molecular formula is C22H28FN3O3. The fourth-order valence-corrected chi connectivity index (χ4v) is 2.30. The minimum atomic E-state index is -0.471. The van der Waals surface area contributed by atoms with E-state index in [4.69, 9.17) is 14.2 Å². The smallest absolute Gasteiger partial charge is 0.119 e. The van der Waals surface area contributed by atoms with Gasteiger partial charge >= 0.3 is 0 Å². The maximum atomic E-state index is 11.8. The molecule has 0 fully saturated rings. The van der Waals surface area contributed by atoms with Crippen molar-refractivity contribution >= 4 is 18.1 Å². The molecule has 0 atom stereocenters. The van der Waals surface area contributed by atoms with Crippen molar-refractivity contribution in [2.45, 2.75) is 0 Å². The molecular weight excluding hydrogens is 373 g/mol. The Bertz CT molecular complexity index is 747. The predicted octanol–water partition coefficient (Wildman–Crippen LogP) is 3.59. The number of halogens is 1. The van der Waals surface area contributed by atoms with Gasteiger partial charge in [0.2, 0.25) is 0 Å². The molecule has 0 radical (unpaired) electrons. The summed E-state index contributed by atoms with van der Waals surface area (Å²) in [6.45, 7) is 1.35. The Labute approximate surface area is 171 Å². The largest absolute Gasteiger partial charge is 0.491 e. The molecule has 0 amide bonds. The van der Waals surface area contributed by atoms with E-state index in [0.717, 1.165) is 22.6 Å². The Morgan fingerprint density at radius 3 is 1.83 bits per heavy atom. The lowest BCUT2D eigenvalue weighted by Crippen LogP contribution is -2.11. The van der Waals surface area contributed by atoms with Gasteiger partial charge in [0.15, 0.2) is 0 Å². The minimum Gasteiger partial charge on any atom is -0.491 e. The van der Waals surface area contributed by atoms with Crippen LogP contribution in [0.5, 0.6) is 5.75 Å². The van der Waals surface area contributed by atoms with E-state index >= 15 is 0 Å². The summed E-state index contributed by atoms with van der Waals surface area (Å²) in [6, 6.07) is 15.6. The molecule has 0 aliphatic carbocycles. The lowest BCUT2D eigenvalue weighted by atomic mass is 10.2.